The van der Waals surface area contributed by atoms with Crippen LogP contribution in [0.2, 0.25) is 0 Å². The van der Waals surface area contributed by atoms with Crippen LogP contribution in [0.3, 0.4) is 0 Å². The molecule has 3 rings (SSSR count). The standard InChI is InChI=1S/C25H42N2O.2ClH/c1-24(2,3)20-16-19(17-21(23(20)28)25(4,5)6)22(18-10-8-7-9-11-18)27-14-12-26-13-15-27;;/h16-18,22,26,28H,7-15H2,1-6H3;2*1H/t22-;;/m0../s1. The number of phenolic OH excluding ortho intramolecular Hbond substituents is 1. The summed E-state index contributed by atoms with van der Waals surface area (Å²) in [5, 5.41) is 14.7. The molecule has 0 radical (unpaired) electrons. The van der Waals surface area contributed by atoms with Gasteiger partial charge >= 0.3 is 0 Å². The first-order chi connectivity index (χ1) is 13.1. The molecule has 0 bridgehead atoms. The first kappa shape index (κ1) is 27.6. The van der Waals surface area contributed by atoms with Crippen molar-refractivity contribution in [3.63, 3.8) is 0 Å². The van der Waals surface area contributed by atoms with Gasteiger partial charge in [0.25, 0.3) is 0 Å². The Kier molecular flexibility index (Phi) is 10.0. The van der Waals surface area contributed by atoms with Crippen molar-refractivity contribution in [2.45, 2.75) is 90.5 Å². The zero-order valence-corrected chi connectivity index (χ0v) is 21.5. The van der Waals surface area contributed by atoms with Gasteiger partial charge in [0, 0.05) is 32.2 Å². The molecule has 2 aliphatic rings. The molecule has 2 fully saturated rings. The monoisotopic (exact) mass is 458 g/mol. The zero-order valence-electron chi connectivity index (χ0n) is 19.9. The van der Waals surface area contributed by atoms with Gasteiger partial charge in [0.1, 0.15) is 5.75 Å². The molecular formula is C25H44Cl2N2O. The first-order valence-electron chi connectivity index (χ1n) is 11.4. The van der Waals surface area contributed by atoms with Crippen LogP contribution >= 0.6 is 24.8 Å². The van der Waals surface area contributed by atoms with Gasteiger partial charge in [-0.2, -0.15) is 0 Å². The highest BCUT2D eigenvalue weighted by molar-refractivity contribution is 5.85. The van der Waals surface area contributed by atoms with Crippen molar-refractivity contribution in [2.75, 3.05) is 26.2 Å². The third kappa shape index (κ3) is 6.28. The molecule has 1 aliphatic heterocycles. The number of hydrogen-bond donors (Lipinski definition) is 2. The predicted octanol–water partition coefficient (Wildman–Crippen LogP) is 6.36. The molecule has 1 saturated heterocycles. The number of halogens is 2. The summed E-state index contributed by atoms with van der Waals surface area (Å²) < 4.78 is 0. The molecule has 2 N–H and O–H groups in total. The summed E-state index contributed by atoms with van der Waals surface area (Å²) in [6.45, 7) is 17.7. The number of nitrogens with zero attached hydrogens (tertiary/aromatic N) is 1. The van der Waals surface area contributed by atoms with E-state index in [1.54, 1.807) is 0 Å². The lowest BCUT2D eigenvalue weighted by Gasteiger charge is -2.42. The predicted molar refractivity (Wildman–Crippen MR) is 134 cm³/mol. The molecule has 1 aromatic carbocycles. The molecule has 1 heterocycles. The molecule has 0 spiro atoms. The Morgan fingerprint density at radius 3 is 1.77 bits per heavy atom. The molecule has 0 amide bonds. The third-order valence-electron chi connectivity index (χ3n) is 6.73. The number of nitrogens with one attached hydrogen (secondary N) is 1. The summed E-state index contributed by atoms with van der Waals surface area (Å²) in [5.41, 5.74) is 3.50. The number of benzene rings is 1. The van der Waals surface area contributed by atoms with Crippen LogP contribution in [0.1, 0.15) is 96.4 Å². The van der Waals surface area contributed by atoms with Crippen LogP contribution in [0.15, 0.2) is 12.1 Å². The Morgan fingerprint density at radius 1 is 0.867 bits per heavy atom. The molecule has 1 aromatic rings. The van der Waals surface area contributed by atoms with Crippen molar-refractivity contribution in [1.29, 1.82) is 0 Å². The fraction of sp³-hybridized carbons (Fsp3) is 0.760. The highest BCUT2D eigenvalue weighted by Crippen LogP contribution is 2.45. The van der Waals surface area contributed by atoms with Crippen molar-refractivity contribution in [3.8, 4) is 5.75 Å². The van der Waals surface area contributed by atoms with E-state index in [1.807, 2.05) is 0 Å². The number of piperazine rings is 1. The molecular weight excluding hydrogens is 415 g/mol. The zero-order chi connectivity index (χ0) is 20.5. The summed E-state index contributed by atoms with van der Waals surface area (Å²) in [6.07, 6.45) is 6.80. The fourth-order valence-electron chi connectivity index (χ4n) is 5.16. The lowest BCUT2D eigenvalue weighted by molar-refractivity contribution is 0.103. The van der Waals surface area contributed by atoms with Crippen LogP contribution in [0.5, 0.6) is 5.75 Å². The van der Waals surface area contributed by atoms with E-state index in [4.69, 9.17) is 0 Å². The van der Waals surface area contributed by atoms with Gasteiger partial charge in [-0.1, -0.05) is 60.8 Å². The number of hydrogen-bond acceptors (Lipinski definition) is 3. The smallest absolute Gasteiger partial charge is 0.123 e. The third-order valence-corrected chi connectivity index (χ3v) is 6.73. The van der Waals surface area contributed by atoms with E-state index in [0.29, 0.717) is 11.8 Å². The Morgan fingerprint density at radius 2 is 1.33 bits per heavy atom. The Hall–Kier alpha value is -0.480. The Bertz CT molecular complexity index is 614. The minimum absolute atomic E-state index is 0. The van der Waals surface area contributed by atoms with Gasteiger partial charge in [0.05, 0.1) is 0 Å². The minimum atomic E-state index is -0.0688. The van der Waals surface area contributed by atoms with Crippen LogP contribution < -0.4 is 5.32 Å². The van der Waals surface area contributed by atoms with Gasteiger partial charge in [-0.25, -0.2) is 0 Å². The second kappa shape index (κ2) is 10.9. The van der Waals surface area contributed by atoms with E-state index in [9.17, 15) is 5.11 Å². The maximum Gasteiger partial charge on any atom is 0.123 e. The van der Waals surface area contributed by atoms with Gasteiger partial charge in [0.2, 0.25) is 0 Å². The number of phenols is 1. The van der Waals surface area contributed by atoms with Gasteiger partial charge in [0.15, 0.2) is 0 Å². The van der Waals surface area contributed by atoms with E-state index < -0.39 is 0 Å². The van der Waals surface area contributed by atoms with Crippen molar-refractivity contribution in [2.24, 2.45) is 5.92 Å². The van der Waals surface area contributed by atoms with Gasteiger partial charge < -0.3 is 10.4 Å². The summed E-state index contributed by atoms with van der Waals surface area (Å²) >= 11 is 0. The Labute approximate surface area is 197 Å². The van der Waals surface area contributed by atoms with E-state index in [2.05, 4.69) is 63.9 Å². The van der Waals surface area contributed by atoms with Crippen LogP contribution in [0.4, 0.5) is 0 Å². The first-order valence-corrected chi connectivity index (χ1v) is 11.4. The summed E-state index contributed by atoms with van der Waals surface area (Å²) in [7, 11) is 0. The number of aromatic hydroxyl groups is 1. The maximum atomic E-state index is 11.2. The lowest BCUT2D eigenvalue weighted by Crippen LogP contribution is -2.47. The van der Waals surface area contributed by atoms with Crippen molar-refractivity contribution in [3.05, 3.63) is 28.8 Å². The van der Waals surface area contributed by atoms with Crippen LogP contribution in [0, 0.1) is 5.92 Å². The molecule has 1 aliphatic carbocycles. The van der Waals surface area contributed by atoms with E-state index in [0.717, 1.165) is 43.2 Å². The maximum absolute atomic E-state index is 11.2. The topological polar surface area (TPSA) is 35.5 Å². The van der Waals surface area contributed by atoms with Crippen molar-refractivity contribution in [1.82, 2.24) is 10.2 Å². The van der Waals surface area contributed by atoms with Crippen LogP contribution in [-0.2, 0) is 10.8 Å². The van der Waals surface area contributed by atoms with Crippen molar-refractivity contribution < 1.29 is 5.11 Å². The van der Waals surface area contributed by atoms with E-state index in [1.165, 1.54) is 37.7 Å². The quantitative estimate of drug-likeness (QED) is 0.552. The molecule has 3 nitrogen and oxygen atoms in total. The minimum Gasteiger partial charge on any atom is -0.507 e. The van der Waals surface area contributed by atoms with Gasteiger partial charge in [-0.15, -0.1) is 24.8 Å². The summed E-state index contributed by atoms with van der Waals surface area (Å²) in [5.74, 6) is 1.24. The lowest BCUT2D eigenvalue weighted by atomic mass is 9.74. The SMILES string of the molecule is CC(C)(C)c1cc([C@H](C2CCCCC2)N2CCNCC2)cc(C(C)(C)C)c1O.Cl.Cl. The largest absolute Gasteiger partial charge is 0.507 e. The fourth-order valence-corrected chi connectivity index (χ4v) is 5.16. The average Bonchev–Trinajstić information content (AvgIpc) is 2.63. The summed E-state index contributed by atoms with van der Waals surface area (Å²) in [4.78, 5) is 2.72. The molecule has 0 unspecified atom stereocenters. The Balaban J connectivity index is 0.00000225. The molecule has 0 aromatic heterocycles. The van der Waals surface area contributed by atoms with Crippen LogP contribution in [-0.4, -0.2) is 36.2 Å². The van der Waals surface area contributed by atoms with Crippen molar-refractivity contribution >= 4 is 24.8 Å². The molecule has 174 valence electrons. The highest BCUT2D eigenvalue weighted by atomic mass is 35.5. The van der Waals surface area contributed by atoms with Gasteiger partial charge in [-0.05, 0) is 58.4 Å². The summed E-state index contributed by atoms with van der Waals surface area (Å²) in [6, 6.07) is 5.16. The van der Waals surface area contributed by atoms with Crippen LogP contribution in [0.25, 0.3) is 0 Å². The highest BCUT2D eigenvalue weighted by Gasteiger charge is 2.34. The van der Waals surface area contributed by atoms with Gasteiger partial charge in [-0.3, -0.25) is 4.90 Å². The second-order valence-corrected chi connectivity index (χ2v) is 11.1. The van der Waals surface area contributed by atoms with E-state index in [-0.39, 0.29) is 35.6 Å². The number of rotatable bonds is 3. The molecule has 5 heteroatoms. The molecule has 1 atom stereocenters. The molecule has 30 heavy (non-hydrogen) atoms. The second-order valence-electron chi connectivity index (χ2n) is 11.1. The normalized spacial score (nSPS) is 20.2. The molecule has 1 saturated carbocycles. The average molecular weight is 460 g/mol. The van der Waals surface area contributed by atoms with E-state index >= 15 is 0 Å².